The molecule has 0 radical (unpaired) electrons. The molecule has 0 aromatic heterocycles. The summed E-state index contributed by atoms with van der Waals surface area (Å²) in [6.07, 6.45) is -2.51. The van der Waals surface area contributed by atoms with Crippen LogP contribution in [-0.4, -0.2) is 36.1 Å². The van der Waals surface area contributed by atoms with Gasteiger partial charge in [0.25, 0.3) is 0 Å². The maximum Gasteiger partial charge on any atom is 0.492 e. The second kappa shape index (κ2) is 5.67. The van der Waals surface area contributed by atoms with E-state index in [9.17, 15) is 18.0 Å². The first-order chi connectivity index (χ1) is 10.8. The molecule has 0 aliphatic carbocycles. The average Bonchev–Trinajstić information content (AvgIpc) is 2.86. The van der Waals surface area contributed by atoms with Gasteiger partial charge in [-0.15, -0.1) is 0 Å². The number of ether oxygens (including phenoxy) is 2. The van der Waals surface area contributed by atoms with Crippen LogP contribution in [0.15, 0.2) is 18.2 Å². The predicted molar refractivity (Wildman–Crippen MR) is 75.4 cm³/mol. The number of hydrogen-bond donors (Lipinski definition) is 1. The first-order valence-electron chi connectivity index (χ1n) is 7.12. The van der Waals surface area contributed by atoms with Crippen molar-refractivity contribution in [2.45, 2.75) is 31.3 Å². The molecule has 2 aliphatic heterocycles. The summed E-state index contributed by atoms with van der Waals surface area (Å²) >= 11 is 5.75. The van der Waals surface area contributed by atoms with Gasteiger partial charge in [-0.25, -0.2) is 4.79 Å². The summed E-state index contributed by atoms with van der Waals surface area (Å²) in [7, 11) is 0. The Hall–Kier alpha value is -1.83. The Kier molecular flexibility index (Phi) is 3.95. The number of amides is 2. The van der Waals surface area contributed by atoms with Crippen LogP contribution in [0, 0.1) is 0 Å². The zero-order valence-electron chi connectivity index (χ0n) is 12.0. The highest BCUT2D eigenvalue weighted by Crippen LogP contribution is 2.46. The molecule has 1 saturated heterocycles. The minimum Gasteiger partial charge on any atom is -0.424 e. The first-order valence-corrected chi connectivity index (χ1v) is 7.50. The maximum absolute atomic E-state index is 13.5. The third-order valence-electron chi connectivity index (χ3n) is 3.70. The third kappa shape index (κ3) is 2.99. The van der Waals surface area contributed by atoms with Crippen LogP contribution in [0.1, 0.15) is 19.3 Å². The molecule has 23 heavy (non-hydrogen) atoms. The Bertz CT molecular complexity index is 620. The van der Waals surface area contributed by atoms with E-state index in [1.54, 1.807) is 0 Å². The molecular formula is C14H14ClF3N2O3. The molecule has 9 heteroatoms. The Morgan fingerprint density at radius 2 is 1.83 bits per heavy atom. The number of likely N-dealkylation sites (tertiary alicyclic amines) is 1. The minimum atomic E-state index is -4.97. The van der Waals surface area contributed by atoms with E-state index < -0.39 is 18.1 Å². The fourth-order valence-corrected chi connectivity index (χ4v) is 2.69. The van der Waals surface area contributed by atoms with Crippen LogP contribution in [-0.2, 0) is 0 Å². The molecule has 1 fully saturated rings. The number of nitrogens with zero attached hydrogens (tertiary/aromatic N) is 1. The Balaban J connectivity index is 1.84. The quantitative estimate of drug-likeness (QED) is 0.843. The highest BCUT2D eigenvalue weighted by Gasteiger charge is 2.66. The van der Waals surface area contributed by atoms with Gasteiger partial charge in [0.05, 0.1) is 0 Å². The lowest BCUT2D eigenvalue weighted by Gasteiger charge is -2.33. The van der Waals surface area contributed by atoms with Gasteiger partial charge in [-0.2, -0.15) is 13.2 Å². The molecule has 0 bridgehead atoms. The van der Waals surface area contributed by atoms with Crippen molar-refractivity contribution >= 4 is 17.6 Å². The smallest absolute Gasteiger partial charge is 0.424 e. The van der Waals surface area contributed by atoms with Crippen molar-refractivity contribution in [1.82, 2.24) is 10.2 Å². The topological polar surface area (TPSA) is 50.8 Å². The van der Waals surface area contributed by atoms with Crippen molar-refractivity contribution in [1.29, 1.82) is 0 Å². The second-order valence-electron chi connectivity index (χ2n) is 5.39. The number of halogens is 4. The first kappa shape index (κ1) is 16.0. The van der Waals surface area contributed by atoms with Gasteiger partial charge in [0, 0.05) is 24.2 Å². The summed E-state index contributed by atoms with van der Waals surface area (Å²) in [6.45, 7) is 0.803. The zero-order valence-corrected chi connectivity index (χ0v) is 12.7. The number of carbonyl (C=O) groups excluding carboxylic acids is 1. The molecule has 2 heterocycles. The summed E-state index contributed by atoms with van der Waals surface area (Å²) in [5.41, 5.74) is 0. The van der Waals surface area contributed by atoms with Crippen molar-refractivity contribution in [3.05, 3.63) is 23.2 Å². The molecular weight excluding hydrogens is 337 g/mol. The third-order valence-corrected chi connectivity index (χ3v) is 3.94. The molecule has 1 aromatic rings. The van der Waals surface area contributed by atoms with E-state index in [-0.39, 0.29) is 16.5 Å². The van der Waals surface area contributed by atoms with Crippen LogP contribution < -0.4 is 14.8 Å². The van der Waals surface area contributed by atoms with Gasteiger partial charge in [0.1, 0.15) is 0 Å². The molecule has 0 spiro atoms. The van der Waals surface area contributed by atoms with E-state index in [2.05, 4.69) is 0 Å². The standard InChI is InChI=1S/C14H14ClF3N2O3/c15-9-4-5-10-11(8-9)23-14(22-10,13(16,17)18)19-12(21)20-6-2-1-3-7-20/h4-5,8H,1-3,6-7H2,(H,19,21)/t14-/m1/s1. The average molecular weight is 351 g/mol. The molecule has 1 atom stereocenters. The second-order valence-corrected chi connectivity index (χ2v) is 5.82. The molecule has 2 amide bonds. The fraction of sp³-hybridized carbons (Fsp3) is 0.500. The van der Waals surface area contributed by atoms with Gasteiger partial charge in [-0.05, 0) is 31.4 Å². The number of piperidine rings is 1. The number of benzene rings is 1. The highest BCUT2D eigenvalue weighted by atomic mass is 35.5. The van der Waals surface area contributed by atoms with Gasteiger partial charge in [-0.1, -0.05) is 11.6 Å². The van der Waals surface area contributed by atoms with E-state index in [1.807, 2.05) is 5.32 Å². The van der Waals surface area contributed by atoms with Crippen molar-refractivity contribution in [2.24, 2.45) is 0 Å². The van der Waals surface area contributed by atoms with Crippen LogP contribution in [0.4, 0.5) is 18.0 Å². The van der Waals surface area contributed by atoms with Crippen LogP contribution in [0.3, 0.4) is 0 Å². The van der Waals surface area contributed by atoms with Crippen LogP contribution in [0.2, 0.25) is 5.02 Å². The molecule has 1 aromatic carbocycles. The van der Waals surface area contributed by atoms with E-state index in [4.69, 9.17) is 21.1 Å². The van der Waals surface area contributed by atoms with Gasteiger partial charge in [-0.3, -0.25) is 5.32 Å². The van der Waals surface area contributed by atoms with Gasteiger partial charge in [0.15, 0.2) is 11.5 Å². The Morgan fingerprint density at radius 1 is 1.17 bits per heavy atom. The SMILES string of the molecule is O=C(N[C@]1(C(F)(F)F)Oc2ccc(Cl)cc2O1)N1CCCCC1. The molecule has 0 unspecified atom stereocenters. The summed E-state index contributed by atoms with van der Waals surface area (Å²) < 4.78 is 50.3. The number of rotatable bonds is 1. The molecule has 0 saturated carbocycles. The number of alkyl halides is 3. The Morgan fingerprint density at radius 3 is 2.48 bits per heavy atom. The van der Waals surface area contributed by atoms with Crippen LogP contribution >= 0.6 is 11.6 Å². The highest BCUT2D eigenvalue weighted by molar-refractivity contribution is 6.30. The Labute approximate surface area is 135 Å². The maximum atomic E-state index is 13.5. The molecule has 1 N–H and O–H groups in total. The molecule has 3 rings (SSSR count). The van der Waals surface area contributed by atoms with Crippen molar-refractivity contribution in [3.8, 4) is 11.5 Å². The number of urea groups is 1. The van der Waals surface area contributed by atoms with Gasteiger partial charge in [0.2, 0.25) is 0 Å². The largest absolute Gasteiger partial charge is 0.492 e. The summed E-state index contributed by atoms with van der Waals surface area (Å²) in [5.74, 6) is -3.55. The summed E-state index contributed by atoms with van der Waals surface area (Å²) in [4.78, 5) is 13.5. The van der Waals surface area contributed by atoms with Crippen molar-refractivity contribution in [2.75, 3.05) is 13.1 Å². The van der Waals surface area contributed by atoms with Gasteiger partial charge >= 0.3 is 18.1 Å². The summed E-state index contributed by atoms with van der Waals surface area (Å²) in [6, 6.07) is 2.97. The van der Waals surface area contributed by atoms with E-state index >= 15 is 0 Å². The lowest BCUT2D eigenvalue weighted by molar-refractivity contribution is -0.318. The number of nitrogens with one attached hydrogen (secondary N) is 1. The summed E-state index contributed by atoms with van der Waals surface area (Å²) in [5, 5.41) is 2.04. The van der Waals surface area contributed by atoms with E-state index in [1.165, 1.54) is 23.1 Å². The van der Waals surface area contributed by atoms with Gasteiger partial charge < -0.3 is 14.4 Å². The molecule has 126 valence electrons. The molecule has 2 aliphatic rings. The van der Waals surface area contributed by atoms with Crippen molar-refractivity contribution in [3.63, 3.8) is 0 Å². The lowest BCUT2D eigenvalue weighted by atomic mass is 10.1. The normalized spacial score (nSPS) is 23.7. The number of carbonyl (C=O) groups is 1. The van der Waals surface area contributed by atoms with Crippen LogP contribution in [0.5, 0.6) is 11.5 Å². The monoisotopic (exact) mass is 350 g/mol. The predicted octanol–water partition coefficient (Wildman–Crippen LogP) is 3.52. The van der Waals surface area contributed by atoms with E-state index in [0.29, 0.717) is 13.1 Å². The zero-order chi connectivity index (χ0) is 16.7. The minimum absolute atomic E-state index is 0.134. The fourth-order valence-electron chi connectivity index (χ4n) is 2.53. The van der Waals surface area contributed by atoms with Crippen molar-refractivity contribution < 1.29 is 27.4 Å². The molecule has 5 nitrogen and oxygen atoms in total. The van der Waals surface area contributed by atoms with E-state index in [0.717, 1.165) is 19.3 Å². The number of hydrogen-bond acceptors (Lipinski definition) is 3. The lowest BCUT2D eigenvalue weighted by Crippen LogP contribution is -2.66. The number of fused-ring (bicyclic) bond motifs is 1. The van der Waals surface area contributed by atoms with Crippen LogP contribution in [0.25, 0.3) is 0 Å².